The predicted molar refractivity (Wildman–Crippen MR) is 64.8 cm³/mol. The Balaban J connectivity index is 2.47. The molecule has 0 bridgehead atoms. The van der Waals surface area contributed by atoms with Crippen molar-refractivity contribution >= 4 is 15.5 Å². The summed E-state index contributed by atoms with van der Waals surface area (Å²) in [5, 5.41) is 3.06. The quantitative estimate of drug-likeness (QED) is 0.895. The van der Waals surface area contributed by atoms with E-state index < -0.39 is 20.2 Å². The van der Waals surface area contributed by atoms with Crippen molar-refractivity contribution in [2.75, 3.05) is 31.1 Å². The van der Waals surface area contributed by atoms with E-state index in [1.165, 1.54) is 18.2 Å². The van der Waals surface area contributed by atoms with Crippen LogP contribution in [-0.2, 0) is 9.84 Å². The predicted octanol–water partition coefficient (Wildman–Crippen LogP) is 1.39. The van der Waals surface area contributed by atoms with Crippen molar-refractivity contribution in [3.63, 3.8) is 0 Å². The van der Waals surface area contributed by atoms with E-state index in [9.17, 15) is 21.6 Å². The van der Waals surface area contributed by atoms with Gasteiger partial charge in [0.25, 0.3) is 9.84 Å². The summed E-state index contributed by atoms with van der Waals surface area (Å²) in [6.45, 7) is 2.18. The molecule has 2 rings (SSSR count). The number of para-hydroxylation sites is 1. The number of alkyl halides is 3. The lowest BCUT2D eigenvalue weighted by Gasteiger charge is -2.31. The molecule has 0 saturated carbocycles. The monoisotopic (exact) mass is 294 g/mol. The van der Waals surface area contributed by atoms with Gasteiger partial charge in [0.05, 0.1) is 10.6 Å². The fourth-order valence-electron chi connectivity index (χ4n) is 1.98. The van der Waals surface area contributed by atoms with Gasteiger partial charge in [-0.15, -0.1) is 0 Å². The molecule has 106 valence electrons. The van der Waals surface area contributed by atoms with E-state index >= 15 is 0 Å². The maximum absolute atomic E-state index is 12.6. The summed E-state index contributed by atoms with van der Waals surface area (Å²) in [5.41, 5.74) is -5.17. The van der Waals surface area contributed by atoms with Crippen LogP contribution < -0.4 is 10.2 Å². The molecule has 1 saturated heterocycles. The van der Waals surface area contributed by atoms with E-state index in [-0.39, 0.29) is 5.69 Å². The molecule has 1 fully saturated rings. The van der Waals surface area contributed by atoms with Crippen LogP contribution in [0.1, 0.15) is 0 Å². The smallest absolute Gasteiger partial charge is 0.368 e. The molecule has 4 nitrogen and oxygen atoms in total. The molecule has 0 amide bonds. The van der Waals surface area contributed by atoms with Crippen molar-refractivity contribution in [2.45, 2.75) is 10.4 Å². The highest BCUT2D eigenvalue weighted by Gasteiger charge is 2.48. The first-order valence-corrected chi connectivity index (χ1v) is 7.18. The van der Waals surface area contributed by atoms with Gasteiger partial charge in [-0.2, -0.15) is 13.2 Å². The summed E-state index contributed by atoms with van der Waals surface area (Å²) in [5.74, 6) is 0. The van der Waals surface area contributed by atoms with Gasteiger partial charge in [0.2, 0.25) is 0 Å². The van der Waals surface area contributed by atoms with Crippen LogP contribution in [0.5, 0.6) is 0 Å². The van der Waals surface area contributed by atoms with E-state index in [0.717, 1.165) is 6.07 Å². The SMILES string of the molecule is O=S(=O)(c1ccccc1N1CCNCC1)C(F)(F)F. The van der Waals surface area contributed by atoms with Gasteiger partial charge in [-0.3, -0.25) is 0 Å². The average Bonchev–Trinajstić information content (AvgIpc) is 2.38. The Hall–Kier alpha value is -1.28. The van der Waals surface area contributed by atoms with Gasteiger partial charge in [0.15, 0.2) is 0 Å². The van der Waals surface area contributed by atoms with Gasteiger partial charge in [0.1, 0.15) is 0 Å². The fourth-order valence-corrected chi connectivity index (χ4v) is 2.96. The third-order valence-electron chi connectivity index (χ3n) is 2.92. The Morgan fingerprint density at radius 3 is 2.26 bits per heavy atom. The minimum absolute atomic E-state index is 0.112. The van der Waals surface area contributed by atoms with Crippen molar-refractivity contribution in [1.82, 2.24) is 5.32 Å². The minimum Gasteiger partial charge on any atom is -0.368 e. The van der Waals surface area contributed by atoms with E-state index in [2.05, 4.69) is 5.32 Å². The summed E-state index contributed by atoms with van der Waals surface area (Å²) < 4.78 is 61.0. The Morgan fingerprint density at radius 1 is 1.11 bits per heavy atom. The number of halogens is 3. The van der Waals surface area contributed by atoms with E-state index in [1.54, 1.807) is 4.90 Å². The number of hydrogen-bond donors (Lipinski definition) is 1. The number of piperazine rings is 1. The molecule has 1 N–H and O–H groups in total. The van der Waals surface area contributed by atoms with Crippen molar-refractivity contribution in [3.05, 3.63) is 24.3 Å². The van der Waals surface area contributed by atoms with Crippen LogP contribution in [-0.4, -0.2) is 40.1 Å². The first-order valence-electron chi connectivity index (χ1n) is 5.70. The minimum atomic E-state index is -5.32. The van der Waals surface area contributed by atoms with Gasteiger partial charge >= 0.3 is 5.51 Å². The molecule has 1 aromatic rings. The fraction of sp³-hybridized carbons (Fsp3) is 0.455. The third kappa shape index (κ3) is 2.69. The molecule has 0 aromatic heterocycles. The van der Waals surface area contributed by atoms with Crippen LogP contribution in [0.15, 0.2) is 29.2 Å². The van der Waals surface area contributed by atoms with Crippen molar-refractivity contribution in [1.29, 1.82) is 0 Å². The molecule has 1 aromatic carbocycles. The molecule has 0 atom stereocenters. The van der Waals surface area contributed by atoms with Crippen molar-refractivity contribution in [3.8, 4) is 0 Å². The third-order valence-corrected chi connectivity index (χ3v) is 4.45. The summed E-state index contributed by atoms with van der Waals surface area (Å²) in [6.07, 6.45) is 0. The van der Waals surface area contributed by atoms with Crippen LogP contribution in [0, 0.1) is 0 Å². The Labute approximate surface area is 109 Å². The number of nitrogens with one attached hydrogen (secondary N) is 1. The molecule has 0 radical (unpaired) electrons. The molecule has 19 heavy (non-hydrogen) atoms. The highest BCUT2D eigenvalue weighted by molar-refractivity contribution is 7.92. The topological polar surface area (TPSA) is 49.4 Å². The molecule has 1 aliphatic heterocycles. The number of nitrogens with zero attached hydrogens (tertiary/aromatic N) is 1. The zero-order valence-electron chi connectivity index (χ0n) is 9.94. The number of sulfone groups is 1. The molecule has 1 heterocycles. The largest absolute Gasteiger partial charge is 0.501 e. The van der Waals surface area contributed by atoms with E-state index in [4.69, 9.17) is 0 Å². The lowest BCUT2D eigenvalue weighted by Crippen LogP contribution is -2.44. The van der Waals surface area contributed by atoms with Gasteiger partial charge < -0.3 is 10.2 Å². The second-order valence-electron chi connectivity index (χ2n) is 4.15. The Kier molecular flexibility index (Phi) is 3.73. The standard InChI is InChI=1S/C11H13F3N2O2S/c12-11(13,14)19(17,18)10-4-2-1-3-9(10)16-7-5-15-6-8-16/h1-4,15H,5-8H2. The Morgan fingerprint density at radius 2 is 1.68 bits per heavy atom. The maximum atomic E-state index is 12.6. The highest BCUT2D eigenvalue weighted by atomic mass is 32.2. The number of benzene rings is 1. The summed E-state index contributed by atoms with van der Waals surface area (Å²) in [4.78, 5) is 0.971. The van der Waals surface area contributed by atoms with Gasteiger partial charge in [-0.25, -0.2) is 8.42 Å². The molecule has 1 aliphatic rings. The first-order chi connectivity index (χ1) is 8.84. The lowest BCUT2D eigenvalue weighted by atomic mass is 10.2. The number of hydrogen-bond acceptors (Lipinski definition) is 4. The summed E-state index contributed by atoms with van der Waals surface area (Å²) in [6, 6.07) is 5.24. The molecule has 0 aliphatic carbocycles. The number of anilines is 1. The molecule has 0 spiro atoms. The first kappa shape index (κ1) is 14.1. The normalized spacial score (nSPS) is 17.5. The van der Waals surface area contributed by atoms with E-state index in [0.29, 0.717) is 26.2 Å². The van der Waals surface area contributed by atoms with Crippen LogP contribution in [0.4, 0.5) is 18.9 Å². The van der Waals surface area contributed by atoms with Gasteiger partial charge in [0, 0.05) is 26.2 Å². The Bertz CT molecular complexity index is 551. The lowest BCUT2D eigenvalue weighted by molar-refractivity contribution is -0.0435. The number of rotatable bonds is 2. The molecular weight excluding hydrogens is 281 g/mol. The van der Waals surface area contributed by atoms with Crippen LogP contribution >= 0.6 is 0 Å². The second kappa shape index (κ2) is 5.01. The van der Waals surface area contributed by atoms with Crippen molar-refractivity contribution in [2.24, 2.45) is 0 Å². The van der Waals surface area contributed by atoms with Crippen LogP contribution in [0.3, 0.4) is 0 Å². The second-order valence-corrected chi connectivity index (χ2v) is 6.06. The van der Waals surface area contributed by atoms with E-state index in [1.807, 2.05) is 0 Å². The van der Waals surface area contributed by atoms with Gasteiger partial charge in [-0.05, 0) is 12.1 Å². The van der Waals surface area contributed by atoms with Crippen molar-refractivity contribution < 1.29 is 21.6 Å². The maximum Gasteiger partial charge on any atom is 0.501 e. The molecule has 8 heteroatoms. The van der Waals surface area contributed by atoms with Gasteiger partial charge in [-0.1, -0.05) is 12.1 Å². The van der Waals surface area contributed by atoms with Crippen LogP contribution in [0.25, 0.3) is 0 Å². The average molecular weight is 294 g/mol. The zero-order valence-corrected chi connectivity index (χ0v) is 10.8. The molecule has 0 unspecified atom stereocenters. The summed E-state index contributed by atoms with van der Waals surface area (Å²) >= 11 is 0. The highest BCUT2D eigenvalue weighted by Crippen LogP contribution is 2.35. The summed E-state index contributed by atoms with van der Waals surface area (Å²) in [7, 11) is -5.32. The zero-order chi connectivity index (χ0) is 14.1. The molecular formula is C11H13F3N2O2S. The van der Waals surface area contributed by atoms with Crippen LogP contribution in [0.2, 0.25) is 0 Å².